The number of sulfonamides is 1. The summed E-state index contributed by atoms with van der Waals surface area (Å²) < 4.78 is 26.8. The summed E-state index contributed by atoms with van der Waals surface area (Å²) in [6, 6.07) is 8.92. The zero-order valence-electron chi connectivity index (χ0n) is 15.4. The molecule has 0 bridgehead atoms. The monoisotopic (exact) mass is 382 g/mol. The molecule has 26 heavy (non-hydrogen) atoms. The summed E-state index contributed by atoms with van der Waals surface area (Å²) in [7, 11) is -2.08. The van der Waals surface area contributed by atoms with Crippen LogP contribution in [0.2, 0.25) is 0 Å². The van der Waals surface area contributed by atoms with Gasteiger partial charge in [0.2, 0.25) is 15.9 Å². The molecule has 1 atom stereocenters. The van der Waals surface area contributed by atoms with Crippen LogP contribution in [0.1, 0.15) is 32.3 Å². The fourth-order valence-corrected chi connectivity index (χ4v) is 4.58. The lowest BCUT2D eigenvalue weighted by Gasteiger charge is -2.37. The van der Waals surface area contributed by atoms with E-state index in [2.05, 4.69) is 0 Å². The molecular formula is C18H26N2O5S. The summed E-state index contributed by atoms with van der Waals surface area (Å²) in [5, 5.41) is 9.30. The molecular weight excluding hydrogens is 356 g/mol. The molecule has 7 nitrogen and oxygen atoms in total. The molecule has 8 heteroatoms. The van der Waals surface area contributed by atoms with Crippen molar-refractivity contribution in [1.29, 1.82) is 0 Å². The fourth-order valence-electron chi connectivity index (χ4n) is 2.97. The van der Waals surface area contributed by atoms with Crippen LogP contribution in [-0.2, 0) is 25.4 Å². The Hall–Kier alpha value is -1.93. The highest BCUT2D eigenvalue weighted by atomic mass is 32.2. The molecule has 1 heterocycles. The van der Waals surface area contributed by atoms with Crippen molar-refractivity contribution in [1.82, 2.24) is 9.21 Å². The van der Waals surface area contributed by atoms with Crippen molar-refractivity contribution in [2.45, 2.75) is 38.0 Å². The zero-order valence-corrected chi connectivity index (χ0v) is 16.2. The lowest BCUT2D eigenvalue weighted by Crippen LogP contribution is -2.55. The van der Waals surface area contributed by atoms with E-state index >= 15 is 0 Å². The molecule has 1 aliphatic rings. The SMILES string of the molecule is CN(C(=O)C1CCCN(S(=O)(=O)Cc2ccccc2)C1)C(C)(C)C(=O)O. The quantitative estimate of drug-likeness (QED) is 0.805. The zero-order chi connectivity index (χ0) is 19.5. The van der Waals surface area contributed by atoms with Gasteiger partial charge in [-0.2, -0.15) is 0 Å². The van der Waals surface area contributed by atoms with Crippen LogP contribution in [0.15, 0.2) is 30.3 Å². The van der Waals surface area contributed by atoms with Crippen molar-refractivity contribution >= 4 is 21.9 Å². The second-order valence-corrected chi connectivity index (χ2v) is 9.17. The highest BCUT2D eigenvalue weighted by Crippen LogP contribution is 2.25. The number of piperidine rings is 1. The molecule has 1 aromatic carbocycles. The molecule has 1 N–H and O–H groups in total. The Morgan fingerprint density at radius 1 is 1.27 bits per heavy atom. The average Bonchev–Trinajstić information content (AvgIpc) is 2.61. The van der Waals surface area contributed by atoms with Crippen molar-refractivity contribution < 1.29 is 23.1 Å². The topological polar surface area (TPSA) is 95.0 Å². The molecule has 0 saturated carbocycles. The van der Waals surface area contributed by atoms with E-state index in [1.54, 1.807) is 24.3 Å². The van der Waals surface area contributed by atoms with Crippen molar-refractivity contribution in [2.75, 3.05) is 20.1 Å². The molecule has 1 unspecified atom stereocenters. The minimum Gasteiger partial charge on any atom is -0.480 e. The van der Waals surface area contributed by atoms with E-state index in [1.807, 2.05) is 6.07 Å². The van der Waals surface area contributed by atoms with Crippen molar-refractivity contribution in [3.8, 4) is 0 Å². The van der Waals surface area contributed by atoms with Gasteiger partial charge in [0.15, 0.2) is 0 Å². The summed E-state index contributed by atoms with van der Waals surface area (Å²) >= 11 is 0. The fraction of sp³-hybridized carbons (Fsp3) is 0.556. The van der Waals surface area contributed by atoms with Gasteiger partial charge in [-0.15, -0.1) is 0 Å². The number of likely N-dealkylation sites (N-methyl/N-ethyl adjacent to an activating group) is 1. The van der Waals surface area contributed by atoms with Gasteiger partial charge in [-0.05, 0) is 32.3 Å². The van der Waals surface area contributed by atoms with Gasteiger partial charge in [0.1, 0.15) is 5.54 Å². The molecule has 144 valence electrons. The average molecular weight is 382 g/mol. The number of amides is 1. The number of nitrogens with zero attached hydrogens (tertiary/aromatic N) is 2. The van der Waals surface area contributed by atoms with Gasteiger partial charge >= 0.3 is 5.97 Å². The third-order valence-corrected chi connectivity index (χ3v) is 6.83. The van der Waals surface area contributed by atoms with E-state index in [1.165, 1.54) is 30.1 Å². The predicted octanol–water partition coefficient (Wildman–Crippen LogP) is 1.55. The molecule has 1 saturated heterocycles. The molecule has 0 aromatic heterocycles. The van der Waals surface area contributed by atoms with Crippen LogP contribution < -0.4 is 0 Å². The molecule has 0 aliphatic carbocycles. The van der Waals surface area contributed by atoms with Gasteiger partial charge in [0.25, 0.3) is 0 Å². The van der Waals surface area contributed by atoms with Crippen LogP contribution in [0.3, 0.4) is 0 Å². The Labute approximate surface area is 154 Å². The second kappa shape index (κ2) is 7.75. The maximum atomic E-state index is 12.7. The summed E-state index contributed by atoms with van der Waals surface area (Å²) in [5.74, 6) is -2.07. The Kier molecular flexibility index (Phi) is 6.08. The Morgan fingerprint density at radius 3 is 2.46 bits per heavy atom. The van der Waals surface area contributed by atoms with Gasteiger partial charge in [-0.3, -0.25) is 4.79 Å². The Morgan fingerprint density at radius 2 is 1.88 bits per heavy atom. The molecule has 1 fully saturated rings. The van der Waals surface area contributed by atoms with Gasteiger partial charge in [-0.25, -0.2) is 17.5 Å². The summed E-state index contributed by atoms with van der Waals surface area (Å²) in [6.07, 6.45) is 1.13. The van der Waals surface area contributed by atoms with Crippen LogP contribution in [0.4, 0.5) is 0 Å². The third kappa shape index (κ3) is 4.42. The smallest absolute Gasteiger partial charge is 0.329 e. The van der Waals surface area contributed by atoms with Crippen LogP contribution in [-0.4, -0.2) is 60.3 Å². The van der Waals surface area contributed by atoms with E-state index in [4.69, 9.17) is 0 Å². The highest BCUT2D eigenvalue weighted by molar-refractivity contribution is 7.88. The van der Waals surface area contributed by atoms with E-state index in [0.29, 0.717) is 24.9 Å². The first kappa shape index (κ1) is 20.4. The lowest BCUT2D eigenvalue weighted by molar-refractivity contribution is -0.157. The first-order valence-electron chi connectivity index (χ1n) is 8.58. The van der Waals surface area contributed by atoms with Crippen LogP contribution in [0, 0.1) is 5.92 Å². The van der Waals surface area contributed by atoms with E-state index < -0.39 is 27.4 Å². The number of carbonyl (C=O) groups is 2. The van der Waals surface area contributed by atoms with Crippen molar-refractivity contribution in [3.05, 3.63) is 35.9 Å². The minimum absolute atomic E-state index is 0.0913. The van der Waals surface area contributed by atoms with Crippen LogP contribution >= 0.6 is 0 Å². The molecule has 0 radical (unpaired) electrons. The molecule has 1 aromatic rings. The van der Waals surface area contributed by atoms with Gasteiger partial charge in [-0.1, -0.05) is 30.3 Å². The summed E-state index contributed by atoms with van der Waals surface area (Å²) in [4.78, 5) is 25.3. The van der Waals surface area contributed by atoms with E-state index in [9.17, 15) is 23.1 Å². The van der Waals surface area contributed by atoms with Crippen LogP contribution in [0.25, 0.3) is 0 Å². The Bertz CT molecular complexity index is 761. The number of carboxylic acid groups (broad SMARTS) is 1. The molecule has 1 aliphatic heterocycles. The molecule has 2 rings (SSSR count). The number of hydrogen-bond donors (Lipinski definition) is 1. The first-order chi connectivity index (χ1) is 12.1. The largest absolute Gasteiger partial charge is 0.480 e. The van der Waals surface area contributed by atoms with E-state index in [-0.39, 0.29) is 18.2 Å². The predicted molar refractivity (Wildman–Crippen MR) is 97.8 cm³/mol. The molecule has 1 amide bonds. The summed E-state index contributed by atoms with van der Waals surface area (Å²) in [5.41, 5.74) is -0.646. The lowest BCUT2D eigenvalue weighted by atomic mass is 9.95. The first-order valence-corrected chi connectivity index (χ1v) is 10.2. The normalized spacial score (nSPS) is 19.1. The van der Waals surface area contributed by atoms with Gasteiger partial charge < -0.3 is 10.0 Å². The standard InChI is InChI=1S/C18H26N2O5S/c1-18(2,17(22)23)19(3)16(21)15-10-7-11-20(12-15)26(24,25)13-14-8-5-4-6-9-14/h4-6,8-9,15H,7,10-13H2,1-3H3,(H,22,23). The second-order valence-electron chi connectivity index (χ2n) is 7.20. The third-order valence-electron chi connectivity index (χ3n) is 5.01. The van der Waals surface area contributed by atoms with Crippen molar-refractivity contribution in [2.24, 2.45) is 5.92 Å². The number of carboxylic acids is 1. The number of rotatable bonds is 6. The number of benzene rings is 1. The van der Waals surface area contributed by atoms with E-state index in [0.717, 1.165) is 0 Å². The molecule has 0 spiro atoms. The Balaban J connectivity index is 2.11. The van der Waals surface area contributed by atoms with Crippen molar-refractivity contribution in [3.63, 3.8) is 0 Å². The van der Waals surface area contributed by atoms with Gasteiger partial charge in [0.05, 0.1) is 11.7 Å². The number of aliphatic carboxylic acids is 1. The maximum Gasteiger partial charge on any atom is 0.329 e. The van der Waals surface area contributed by atoms with Crippen LogP contribution in [0.5, 0.6) is 0 Å². The number of hydrogen-bond acceptors (Lipinski definition) is 4. The minimum atomic E-state index is -3.53. The summed E-state index contributed by atoms with van der Waals surface area (Å²) in [6.45, 7) is 3.39. The highest BCUT2D eigenvalue weighted by Gasteiger charge is 2.40. The maximum absolute atomic E-state index is 12.7. The number of carbonyl (C=O) groups excluding carboxylic acids is 1. The van der Waals surface area contributed by atoms with Gasteiger partial charge in [0, 0.05) is 20.1 Å².